The molecule has 0 amide bonds. The van der Waals surface area contributed by atoms with Crippen LogP contribution >= 0.6 is 0 Å². The summed E-state index contributed by atoms with van der Waals surface area (Å²) in [4.78, 5) is 9.52. The molecule has 4 nitrogen and oxygen atoms in total. The van der Waals surface area contributed by atoms with Crippen molar-refractivity contribution < 1.29 is 0 Å². The summed E-state index contributed by atoms with van der Waals surface area (Å²) in [6, 6.07) is 30.8. The van der Waals surface area contributed by atoms with Crippen molar-refractivity contribution in [3.05, 3.63) is 126 Å². The number of fused-ring (bicyclic) bond motifs is 9. The first-order valence-corrected chi connectivity index (χ1v) is 14.4. The number of para-hydroxylation sites is 1. The average Bonchev–Trinajstić information content (AvgIpc) is 3.59. The van der Waals surface area contributed by atoms with Crippen molar-refractivity contribution in [2.75, 3.05) is 0 Å². The Balaban J connectivity index is 1.37. The predicted molar refractivity (Wildman–Crippen MR) is 168 cm³/mol. The van der Waals surface area contributed by atoms with E-state index in [4.69, 9.17) is 9.97 Å². The van der Waals surface area contributed by atoms with E-state index in [1.54, 1.807) is 0 Å². The molecule has 7 aromatic rings. The molecule has 4 heteroatoms. The van der Waals surface area contributed by atoms with Gasteiger partial charge in [-0.2, -0.15) is 0 Å². The molecule has 0 atom stereocenters. The van der Waals surface area contributed by atoms with Crippen molar-refractivity contribution in [3.63, 3.8) is 0 Å². The molecule has 0 saturated heterocycles. The normalized spacial score (nSPS) is 15.0. The van der Waals surface area contributed by atoms with Crippen LogP contribution in [-0.2, 0) is 11.8 Å². The van der Waals surface area contributed by atoms with E-state index >= 15 is 0 Å². The smallest absolute Gasteiger partial charge is 0.137 e. The summed E-state index contributed by atoms with van der Waals surface area (Å²) >= 11 is 0. The average molecular weight is 529 g/mol. The number of allylic oxidation sites excluding steroid dienone is 1. The third-order valence-corrected chi connectivity index (χ3v) is 9.29. The number of pyridine rings is 2. The highest BCUT2D eigenvalue weighted by Gasteiger charge is 2.38. The SMILES string of the molecule is CC1(C)c2cc3c(cc2-c2cc4c5ccccc5n(-c5ccccn5)c4cc21)c1c(n3-c2ccccn2)CCC=C1. The quantitative estimate of drug-likeness (QED) is 0.225. The van der Waals surface area contributed by atoms with Gasteiger partial charge in [0.25, 0.3) is 0 Å². The molecule has 41 heavy (non-hydrogen) atoms. The summed E-state index contributed by atoms with van der Waals surface area (Å²) in [5.74, 6) is 1.93. The van der Waals surface area contributed by atoms with Gasteiger partial charge in [-0.05, 0) is 89.7 Å². The summed E-state index contributed by atoms with van der Waals surface area (Å²) in [6.07, 6.45) is 10.5. The highest BCUT2D eigenvalue weighted by Crippen LogP contribution is 2.53. The Kier molecular flexibility index (Phi) is 4.48. The van der Waals surface area contributed by atoms with Crippen LogP contribution in [0.1, 0.15) is 42.7 Å². The van der Waals surface area contributed by atoms with Gasteiger partial charge in [0.15, 0.2) is 0 Å². The van der Waals surface area contributed by atoms with Crippen LogP contribution in [0.3, 0.4) is 0 Å². The first-order chi connectivity index (χ1) is 20.1. The highest BCUT2D eigenvalue weighted by atomic mass is 15.1. The zero-order chi connectivity index (χ0) is 27.3. The van der Waals surface area contributed by atoms with Crippen LogP contribution < -0.4 is 0 Å². The van der Waals surface area contributed by atoms with Gasteiger partial charge in [0.1, 0.15) is 11.6 Å². The minimum Gasteiger partial charge on any atom is -0.298 e. The van der Waals surface area contributed by atoms with Gasteiger partial charge in [-0.1, -0.05) is 56.3 Å². The lowest BCUT2D eigenvalue weighted by Crippen LogP contribution is -2.15. The Morgan fingerprint density at radius 2 is 1.27 bits per heavy atom. The lowest BCUT2D eigenvalue weighted by molar-refractivity contribution is 0.661. The maximum absolute atomic E-state index is 4.78. The molecule has 9 rings (SSSR count). The fourth-order valence-electron chi connectivity index (χ4n) is 7.38. The lowest BCUT2D eigenvalue weighted by Gasteiger charge is -2.22. The maximum atomic E-state index is 4.78. The fourth-order valence-corrected chi connectivity index (χ4v) is 7.38. The second kappa shape index (κ2) is 8.05. The van der Waals surface area contributed by atoms with Gasteiger partial charge in [-0.3, -0.25) is 9.13 Å². The van der Waals surface area contributed by atoms with Crippen LogP contribution in [0.25, 0.3) is 61.5 Å². The van der Waals surface area contributed by atoms with Crippen LogP contribution in [0.2, 0.25) is 0 Å². The molecule has 196 valence electrons. The van der Waals surface area contributed by atoms with Gasteiger partial charge in [0.05, 0.1) is 16.6 Å². The van der Waals surface area contributed by atoms with Crippen LogP contribution in [-0.4, -0.2) is 19.1 Å². The molecule has 4 aromatic heterocycles. The van der Waals surface area contributed by atoms with Crippen molar-refractivity contribution in [2.45, 2.75) is 32.1 Å². The number of rotatable bonds is 2. The molecular weight excluding hydrogens is 500 g/mol. The van der Waals surface area contributed by atoms with Crippen LogP contribution in [0.5, 0.6) is 0 Å². The van der Waals surface area contributed by atoms with Gasteiger partial charge in [-0.15, -0.1) is 0 Å². The van der Waals surface area contributed by atoms with Crippen LogP contribution in [0.15, 0.2) is 103 Å². The molecule has 4 heterocycles. The minimum atomic E-state index is -0.159. The standard InChI is InChI=1S/C37H28N4/c1-37(2)29-21-33-27(23-11-3-5-13-31(23)40(33)35-15-7-9-17-38-35)19-25(29)26-20-28-24-12-4-6-14-32(24)41(34(28)22-30(26)37)36-16-8-10-18-39-36/h3-5,7-13,15-22H,6,14H2,1-2H3. The second-order valence-electron chi connectivity index (χ2n) is 11.8. The van der Waals surface area contributed by atoms with E-state index in [9.17, 15) is 0 Å². The molecule has 3 aromatic carbocycles. The van der Waals surface area contributed by atoms with Crippen molar-refractivity contribution >= 4 is 38.8 Å². The Morgan fingerprint density at radius 3 is 1.98 bits per heavy atom. The summed E-state index contributed by atoms with van der Waals surface area (Å²) in [7, 11) is 0. The molecule has 0 saturated carbocycles. The Morgan fingerprint density at radius 1 is 0.634 bits per heavy atom. The minimum absolute atomic E-state index is 0.159. The van der Waals surface area contributed by atoms with Gasteiger partial charge < -0.3 is 0 Å². The maximum Gasteiger partial charge on any atom is 0.137 e. The first kappa shape index (κ1) is 22.8. The van der Waals surface area contributed by atoms with Crippen molar-refractivity contribution in [2.24, 2.45) is 0 Å². The van der Waals surface area contributed by atoms with E-state index in [2.05, 4.69) is 108 Å². The molecule has 0 bridgehead atoms. The van der Waals surface area contributed by atoms with Crippen molar-refractivity contribution in [1.82, 2.24) is 19.1 Å². The van der Waals surface area contributed by atoms with Crippen LogP contribution in [0, 0.1) is 0 Å². The molecule has 0 unspecified atom stereocenters. The molecule has 0 aliphatic heterocycles. The van der Waals surface area contributed by atoms with E-state index in [1.807, 2.05) is 24.5 Å². The lowest BCUT2D eigenvalue weighted by atomic mass is 9.82. The largest absolute Gasteiger partial charge is 0.298 e. The monoisotopic (exact) mass is 528 g/mol. The summed E-state index contributed by atoms with van der Waals surface area (Å²) in [6.45, 7) is 4.74. The predicted octanol–water partition coefficient (Wildman–Crippen LogP) is 8.78. The zero-order valence-corrected chi connectivity index (χ0v) is 23.1. The Bertz CT molecular complexity index is 2210. The molecule has 2 aliphatic carbocycles. The summed E-state index contributed by atoms with van der Waals surface area (Å²) < 4.78 is 4.71. The molecule has 0 N–H and O–H groups in total. The third kappa shape index (κ3) is 2.99. The molecule has 0 fully saturated rings. The Hall–Kier alpha value is -4.96. The number of aromatic nitrogens is 4. The first-order valence-electron chi connectivity index (χ1n) is 14.4. The van der Waals surface area contributed by atoms with E-state index in [-0.39, 0.29) is 5.41 Å². The van der Waals surface area contributed by atoms with E-state index < -0.39 is 0 Å². The van der Waals surface area contributed by atoms with E-state index in [0.717, 1.165) is 24.5 Å². The van der Waals surface area contributed by atoms with Crippen molar-refractivity contribution in [1.29, 1.82) is 0 Å². The number of nitrogens with zero attached hydrogens (tertiary/aromatic N) is 4. The van der Waals surface area contributed by atoms with E-state index in [0.29, 0.717) is 0 Å². The fraction of sp³-hybridized carbons (Fsp3) is 0.135. The van der Waals surface area contributed by atoms with Gasteiger partial charge in [-0.25, -0.2) is 9.97 Å². The topological polar surface area (TPSA) is 35.6 Å². The second-order valence-corrected chi connectivity index (χ2v) is 11.8. The number of hydrogen-bond acceptors (Lipinski definition) is 2. The van der Waals surface area contributed by atoms with Gasteiger partial charge in [0.2, 0.25) is 0 Å². The Labute approximate surface area is 238 Å². The third-order valence-electron chi connectivity index (χ3n) is 9.29. The summed E-state index contributed by atoms with van der Waals surface area (Å²) in [5.41, 5.74) is 11.6. The molecule has 2 aliphatic rings. The van der Waals surface area contributed by atoms with Gasteiger partial charge >= 0.3 is 0 Å². The number of hydrogen-bond donors (Lipinski definition) is 0. The van der Waals surface area contributed by atoms with Crippen molar-refractivity contribution in [3.8, 4) is 22.8 Å². The van der Waals surface area contributed by atoms with E-state index in [1.165, 1.54) is 66.2 Å². The van der Waals surface area contributed by atoms with Crippen LogP contribution in [0.4, 0.5) is 0 Å². The molecule has 0 spiro atoms. The number of benzene rings is 3. The zero-order valence-electron chi connectivity index (χ0n) is 23.1. The molecular formula is C37H28N4. The molecule has 0 radical (unpaired) electrons. The summed E-state index contributed by atoms with van der Waals surface area (Å²) in [5, 5.41) is 3.83. The highest BCUT2D eigenvalue weighted by molar-refractivity contribution is 6.12. The van der Waals surface area contributed by atoms with Gasteiger partial charge in [0, 0.05) is 45.2 Å².